The first-order chi connectivity index (χ1) is 13.3. The van der Waals surface area contributed by atoms with Gasteiger partial charge in [-0.05, 0) is 30.7 Å². The monoisotopic (exact) mass is 364 g/mol. The molecule has 8 heteroatoms. The minimum absolute atomic E-state index is 0.0197. The maximum Gasteiger partial charge on any atom is 0.293 e. The summed E-state index contributed by atoms with van der Waals surface area (Å²) in [7, 11) is 0. The summed E-state index contributed by atoms with van der Waals surface area (Å²) in [4.78, 5) is 18.9. The molecule has 136 valence electrons. The van der Waals surface area contributed by atoms with Crippen molar-refractivity contribution in [3.63, 3.8) is 0 Å². The standard InChI is InChI=1S/C19H16N4O4/c24-17(10-14-13-4-1-2-5-15(13)26-21-14)23-8-7-12(11-23)18-20-19(27-22-18)16-6-3-9-25-16/h1-6,9,12H,7-8,10-11H2. The van der Waals surface area contributed by atoms with Crippen LogP contribution < -0.4 is 0 Å². The molecule has 0 spiro atoms. The third-order valence-electron chi connectivity index (χ3n) is 4.85. The fraction of sp³-hybridized carbons (Fsp3) is 0.263. The van der Waals surface area contributed by atoms with Crippen LogP contribution >= 0.6 is 0 Å². The zero-order valence-electron chi connectivity index (χ0n) is 14.4. The van der Waals surface area contributed by atoms with Crippen LogP contribution in [0.25, 0.3) is 22.6 Å². The first kappa shape index (κ1) is 15.8. The van der Waals surface area contributed by atoms with E-state index in [4.69, 9.17) is 13.5 Å². The third kappa shape index (κ3) is 2.88. The first-order valence-corrected chi connectivity index (χ1v) is 8.76. The summed E-state index contributed by atoms with van der Waals surface area (Å²) in [5.41, 5.74) is 1.36. The van der Waals surface area contributed by atoms with Crippen LogP contribution in [0.1, 0.15) is 23.9 Å². The van der Waals surface area contributed by atoms with Gasteiger partial charge in [0, 0.05) is 24.4 Å². The van der Waals surface area contributed by atoms with E-state index in [0.717, 1.165) is 11.8 Å². The van der Waals surface area contributed by atoms with Crippen molar-refractivity contribution in [3.8, 4) is 11.7 Å². The van der Waals surface area contributed by atoms with E-state index in [1.807, 2.05) is 29.2 Å². The maximum absolute atomic E-state index is 12.7. The molecule has 27 heavy (non-hydrogen) atoms. The van der Waals surface area contributed by atoms with Gasteiger partial charge in [0.1, 0.15) is 5.69 Å². The molecule has 0 bridgehead atoms. The molecule has 1 fully saturated rings. The quantitative estimate of drug-likeness (QED) is 0.549. The summed E-state index contributed by atoms with van der Waals surface area (Å²) in [6.45, 7) is 1.22. The lowest BCUT2D eigenvalue weighted by molar-refractivity contribution is -0.129. The number of fused-ring (bicyclic) bond motifs is 1. The van der Waals surface area contributed by atoms with Gasteiger partial charge in [-0.2, -0.15) is 4.98 Å². The Morgan fingerprint density at radius 1 is 1.15 bits per heavy atom. The van der Waals surface area contributed by atoms with Gasteiger partial charge < -0.3 is 18.4 Å². The maximum atomic E-state index is 12.7. The highest BCUT2D eigenvalue weighted by molar-refractivity contribution is 5.86. The molecule has 4 heterocycles. The van der Waals surface area contributed by atoms with Crippen LogP contribution in [0.2, 0.25) is 0 Å². The summed E-state index contributed by atoms with van der Waals surface area (Å²) in [6, 6.07) is 11.1. The molecule has 1 atom stereocenters. The van der Waals surface area contributed by atoms with E-state index in [0.29, 0.717) is 41.8 Å². The van der Waals surface area contributed by atoms with Gasteiger partial charge >= 0.3 is 0 Å². The molecule has 1 saturated heterocycles. The molecule has 4 aromatic rings. The molecule has 1 aromatic carbocycles. The molecule has 3 aromatic heterocycles. The number of rotatable bonds is 4. The van der Waals surface area contributed by atoms with Crippen molar-refractivity contribution < 1.29 is 18.3 Å². The number of hydrogen-bond donors (Lipinski definition) is 0. The number of furan rings is 1. The van der Waals surface area contributed by atoms with Crippen molar-refractivity contribution >= 4 is 16.9 Å². The molecular weight excluding hydrogens is 348 g/mol. The Labute approximate surface area is 153 Å². The third-order valence-corrected chi connectivity index (χ3v) is 4.85. The molecule has 1 amide bonds. The summed E-state index contributed by atoms with van der Waals surface area (Å²) in [6.07, 6.45) is 2.57. The van der Waals surface area contributed by atoms with E-state index < -0.39 is 0 Å². The number of para-hydroxylation sites is 1. The molecule has 8 nitrogen and oxygen atoms in total. The summed E-state index contributed by atoms with van der Waals surface area (Å²) in [5.74, 6) is 1.57. The van der Waals surface area contributed by atoms with E-state index >= 15 is 0 Å². The van der Waals surface area contributed by atoms with Gasteiger partial charge in [0.25, 0.3) is 5.89 Å². The second-order valence-corrected chi connectivity index (χ2v) is 6.56. The molecule has 1 aliphatic rings. The molecule has 1 aliphatic heterocycles. The summed E-state index contributed by atoms with van der Waals surface area (Å²) >= 11 is 0. The second kappa shape index (κ2) is 6.39. The van der Waals surface area contributed by atoms with Gasteiger partial charge in [-0.15, -0.1) is 0 Å². The van der Waals surface area contributed by atoms with Crippen LogP contribution in [-0.4, -0.2) is 39.2 Å². The summed E-state index contributed by atoms with van der Waals surface area (Å²) < 4.78 is 15.8. The molecule has 1 unspecified atom stereocenters. The van der Waals surface area contributed by atoms with Crippen molar-refractivity contribution in [2.24, 2.45) is 0 Å². The molecule has 5 rings (SSSR count). The number of amides is 1. The van der Waals surface area contributed by atoms with Crippen LogP contribution in [0.5, 0.6) is 0 Å². The highest BCUT2D eigenvalue weighted by atomic mass is 16.5. The lowest BCUT2D eigenvalue weighted by Gasteiger charge is -2.15. The Hall–Kier alpha value is -3.42. The fourth-order valence-electron chi connectivity index (χ4n) is 3.42. The van der Waals surface area contributed by atoms with E-state index in [9.17, 15) is 4.79 Å². The molecule has 0 radical (unpaired) electrons. The van der Waals surface area contributed by atoms with Crippen molar-refractivity contribution in [1.29, 1.82) is 0 Å². The van der Waals surface area contributed by atoms with E-state index in [-0.39, 0.29) is 18.2 Å². The zero-order valence-corrected chi connectivity index (χ0v) is 14.4. The molecule has 0 aliphatic carbocycles. The SMILES string of the molecule is O=C(Cc1noc2ccccc12)N1CCC(c2noc(-c3ccco3)n2)C1. The van der Waals surface area contributed by atoms with E-state index in [1.165, 1.54) is 0 Å². The first-order valence-electron chi connectivity index (χ1n) is 8.76. The van der Waals surface area contributed by atoms with Gasteiger partial charge in [-0.3, -0.25) is 4.79 Å². The fourth-order valence-corrected chi connectivity index (χ4v) is 3.42. The predicted octanol–water partition coefficient (Wildman–Crippen LogP) is 3.03. The highest BCUT2D eigenvalue weighted by Crippen LogP contribution is 2.28. The topological polar surface area (TPSA) is 98.4 Å². The highest BCUT2D eigenvalue weighted by Gasteiger charge is 2.31. The van der Waals surface area contributed by atoms with Crippen molar-refractivity contribution in [2.45, 2.75) is 18.8 Å². The van der Waals surface area contributed by atoms with Gasteiger partial charge in [0.2, 0.25) is 5.91 Å². The van der Waals surface area contributed by atoms with Crippen molar-refractivity contribution in [3.05, 3.63) is 54.2 Å². The predicted molar refractivity (Wildman–Crippen MR) is 93.7 cm³/mol. The van der Waals surface area contributed by atoms with Crippen LogP contribution in [0.15, 0.2) is 56.1 Å². The van der Waals surface area contributed by atoms with Gasteiger partial charge in [-0.25, -0.2) is 0 Å². The van der Waals surface area contributed by atoms with E-state index in [1.54, 1.807) is 18.4 Å². The van der Waals surface area contributed by atoms with Crippen LogP contribution in [-0.2, 0) is 11.2 Å². The average molecular weight is 364 g/mol. The van der Waals surface area contributed by atoms with Crippen LogP contribution in [0, 0.1) is 0 Å². The Balaban J connectivity index is 1.27. The molecular formula is C19H16N4O4. The van der Waals surface area contributed by atoms with Gasteiger partial charge in [0.15, 0.2) is 17.2 Å². The number of carbonyl (C=O) groups is 1. The summed E-state index contributed by atoms with van der Waals surface area (Å²) in [5, 5.41) is 8.97. The Morgan fingerprint density at radius 2 is 2.07 bits per heavy atom. The Morgan fingerprint density at radius 3 is 2.96 bits per heavy atom. The number of nitrogens with zero attached hydrogens (tertiary/aromatic N) is 4. The van der Waals surface area contributed by atoms with Crippen molar-refractivity contribution in [2.75, 3.05) is 13.1 Å². The van der Waals surface area contributed by atoms with Crippen molar-refractivity contribution in [1.82, 2.24) is 20.2 Å². The second-order valence-electron chi connectivity index (χ2n) is 6.56. The smallest absolute Gasteiger partial charge is 0.293 e. The number of aromatic nitrogens is 3. The number of benzene rings is 1. The number of hydrogen-bond acceptors (Lipinski definition) is 7. The zero-order chi connectivity index (χ0) is 18.2. The Kier molecular flexibility index (Phi) is 3.74. The largest absolute Gasteiger partial charge is 0.459 e. The molecule has 0 N–H and O–H groups in total. The number of likely N-dealkylation sites (tertiary alicyclic amines) is 1. The Bertz CT molecular complexity index is 1080. The normalized spacial score (nSPS) is 17.0. The van der Waals surface area contributed by atoms with Crippen LogP contribution in [0.4, 0.5) is 0 Å². The van der Waals surface area contributed by atoms with Crippen LogP contribution in [0.3, 0.4) is 0 Å². The lowest BCUT2D eigenvalue weighted by atomic mass is 10.1. The molecule has 0 saturated carbocycles. The minimum Gasteiger partial charge on any atom is -0.459 e. The minimum atomic E-state index is 0.0197. The average Bonchev–Trinajstić information content (AvgIpc) is 3.47. The van der Waals surface area contributed by atoms with E-state index in [2.05, 4.69) is 15.3 Å². The lowest BCUT2D eigenvalue weighted by Crippen LogP contribution is -2.30. The van der Waals surface area contributed by atoms with Gasteiger partial charge in [0.05, 0.1) is 12.7 Å². The van der Waals surface area contributed by atoms with Gasteiger partial charge in [-0.1, -0.05) is 22.4 Å². The number of carbonyl (C=O) groups excluding carboxylic acids is 1.